The van der Waals surface area contributed by atoms with Crippen LogP contribution in [0.5, 0.6) is 0 Å². The minimum atomic E-state index is -0.0279. The first kappa shape index (κ1) is 12.0. The van der Waals surface area contributed by atoms with Crippen LogP contribution in [0.1, 0.15) is 12.5 Å². The fourth-order valence-electron chi connectivity index (χ4n) is 1.07. The van der Waals surface area contributed by atoms with Crippen molar-refractivity contribution in [2.75, 3.05) is 18.4 Å². The highest BCUT2D eigenvalue weighted by Gasteiger charge is 2.01. The number of hydrogen-bond acceptors (Lipinski definition) is 3. The molecule has 4 nitrogen and oxygen atoms in total. The first-order valence-electron chi connectivity index (χ1n) is 4.76. The summed E-state index contributed by atoms with van der Waals surface area (Å²) in [4.78, 5) is 15.3. The first-order chi connectivity index (χ1) is 7.13. The second-order valence-corrected chi connectivity index (χ2v) is 3.98. The van der Waals surface area contributed by atoms with Gasteiger partial charge in [-0.15, -0.1) is 0 Å². The summed E-state index contributed by atoms with van der Waals surface area (Å²) in [6.07, 6.45) is 1.72. The molecule has 0 saturated carbocycles. The van der Waals surface area contributed by atoms with Crippen molar-refractivity contribution in [2.45, 2.75) is 13.8 Å². The Labute approximate surface area is 97.6 Å². The second-order valence-electron chi connectivity index (χ2n) is 3.13. The van der Waals surface area contributed by atoms with Gasteiger partial charge in [0.05, 0.1) is 6.54 Å². The van der Waals surface area contributed by atoms with Crippen molar-refractivity contribution in [2.24, 2.45) is 0 Å². The van der Waals surface area contributed by atoms with E-state index in [2.05, 4.69) is 31.5 Å². The van der Waals surface area contributed by atoms with Gasteiger partial charge in [-0.3, -0.25) is 4.79 Å². The molecule has 0 atom stereocenters. The van der Waals surface area contributed by atoms with E-state index in [9.17, 15) is 4.79 Å². The van der Waals surface area contributed by atoms with Crippen LogP contribution >= 0.6 is 15.9 Å². The smallest absolute Gasteiger partial charge is 0.239 e. The Morgan fingerprint density at radius 1 is 1.60 bits per heavy atom. The van der Waals surface area contributed by atoms with Crippen molar-refractivity contribution in [3.05, 3.63) is 22.3 Å². The summed E-state index contributed by atoms with van der Waals surface area (Å²) < 4.78 is 0.964. The highest BCUT2D eigenvalue weighted by Crippen LogP contribution is 2.16. The fraction of sp³-hybridized carbons (Fsp3) is 0.400. The van der Waals surface area contributed by atoms with Gasteiger partial charge in [0.25, 0.3) is 0 Å². The quantitative estimate of drug-likeness (QED) is 0.877. The van der Waals surface area contributed by atoms with Gasteiger partial charge in [-0.1, -0.05) is 0 Å². The van der Waals surface area contributed by atoms with Gasteiger partial charge in [0, 0.05) is 17.2 Å². The number of nitrogens with zero attached hydrogens (tertiary/aromatic N) is 1. The topological polar surface area (TPSA) is 54.0 Å². The fourth-order valence-corrected chi connectivity index (χ4v) is 1.28. The van der Waals surface area contributed by atoms with Gasteiger partial charge < -0.3 is 10.6 Å². The zero-order valence-corrected chi connectivity index (χ0v) is 10.4. The highest BCUT2D eigenvalue weighted by atomic mass is 79.9. The monoisotopic (exact) mass is 271 g/mol. The third kappa shape index (κ3) is 3.87. The summed E-state index contributed by atoms with van der Waals surface area (Å²) in [5, 5.41) is 5.66. The lowest BCUT2D eigenvalue weighted by atomic mass is 10.3. The van der Waals surface area contributed by atoms with Crippen molar-refractivity contribution in [1.29, 1.82) is 0 Å². The minimum absolute atomic E-state index is 0.0279. The second kappa shape index (κ2) is 5.70. The number of rotatable bonds is 4. The van der Waals surface area contributed by atoms with E-state index in [-0.39, 0.29) is 12.5 Å². The maximum atomic E-state index is 11.2. The van der Waals surface area contributed by atoms with Crippen molar-refractivity contribution < 1.29 is 4.79 Å². The molecule has 5 heteroatoms. The molecule has 15 heavy (non-hydrogen) atoms. The molecule has 0 radical (unpaired) electrons. The van der Waals surface area contributed by atoms with E-state index >= 15 is 0 Å². The van der Waals surface area contributed by atoms with Crippen molar-refractivity contribution in [3.63, 3.8) is 0 Å². The Morgan fingerprint density at radius 2 is 2.33 bits per heavy atom. The van der Waals surface area contributed by atoms with Crippen LogP contribution in [0.15, 0.2) is 16.7 Å². The highest BCUT2D eigenvalue weighted by molar-refractivity contribution is 9.10. The van der Waals surface area contributed by atoms with Gasteiger partial charge in [0.2, 0.25) is 5.91 Å². The number of carbonyl (C=O) groups is 1. The molecule has 82 valence electrons. The molecule has 1 aromatic rings. The van der Waals surface area contributed by atoms with Crippen LogP contribution in [-0.2, 0) is 4.79 Å². The SMILES string of the molecule is CCNC(=O)CNc1cc(C)c(Br)cn1. The van der Waals surface area contributed by atoms with E-state index in [0.29, 0.717) is 12.4 Å². The molecule has 0 aliphatic carbocycles. The number of carbonyl (C=O) groups excluding carboxylic acids is 1. The lowest BCUT2D eigenvalue weighted by Gasteiger charge is -2.06. The van der Waals surface area contributed by atoms with Gasteiger partial charge in [0.15, 0.2) is 0 Å². The predicted octanol–water partition coefficient (Wildman–Crippen LogP) is 1.70. The van der Waals surface area contributed by atoms with Gasteiger partial charge in [0.1, 0.15) is 5.82 Å². The van der Waals surface area contributed by atoms with Gasteiger partial charge in [-0.25, -0.2) is 4.98 Å². The molecule has 0 aliphatic heterocycles. The third-order valence-electron chi connectivity index (χ3n) is 1.85. The molecule has 1 heterocycles. The van der Waals surface area contributed by atoms with Crippen LogP contribution in [0.2, 0.25) is 0 Å². The number of anilines is 1. The van der Waals surface area contributed by atoms with Crippen molar-refractivity contribution in [3.8, 4) is 0 Å². The third-order valence-corrected chi connectivity index (χ3v) is 2.68. The number of likely N-dealkylation sites (N-methyl/N-ethyl adjacent to an activating group) is 1. The van der Waals surface area contributed by atoms with E-state index in [1.54, 1.807) is 6.20 Å². The lowest BCUT2D eigenvalue weighted by molar-refractivity contribution is -0.119. The van der Waals surface area contributed by atoms with Gasteiger partial charge in [-0.2, -0.15) is 0 Å². The molecule has 0 unspecified atom stereocenters. The number of aromatic nitrogens is 1. The molecular formula is C10H14BrN3O. The van der Waals surface area contributed by atoms with E-state index in [1.807, 2.05) is 19.9 Å². The zero-order chi connectivity index (χ0) is 11.3. The van der Waals surface area contributed by atoms with E-state index in [1.165, 1.54) is 0 Å². The molecule has 1 aromatic heterocycles. The Morgan fingerprint density at radius 3 is 2.93 bits per heavy atom. The number of amides is 1. The molecule has 0 spiro atoms. The summed E-state index contributed by atoms with van der Waals surface area (Å²) in [7, 11) is 0. The molecule has 0 fully saturated rings. The molecular weight excluding hydrogens is 258 g/mol. The maximum Gasteiger partial charge on any atom is 0.239 e. The average Bonchev–Trinajstić information content (AvgIpc) is 2.20. The molecule has 1 rings (SSSR count). The van der Waals surface area contributed by atoms with Crippen LogP contribution in [0, 0.1) is 6.92 Å². The molecule has 0 aromatic carbocycles. The van der Waals surface area contributed by atoms with E-state index in [0.717, 1.165) is 10.0 Å². The predicted molar refractivity (Wildman–Crippen MR) is 63.8 cm³/mol. The lowest BCUT2D eigenvalue weighted by Crippen LogP contribution is -2.29. The van der Waals surface area contributed by atoms with Gasteiger partial charge >= 0.3 is 0 Å². The minimum Gasteiger partial charge on any atom is -0.361 e. The number of nitrogens with one attached hydrogen (secondary N) is 2. The van der Waals surface area contributed by atoms with E-state index in [4.69, 9.17) is 0 Å². The number of aryl methyl sites for hydroxylation is 1. The largest absolute Gasteiger partial charge is 0.361 e. The molecule has 0 aliphatic rings. The number of hydrogen-bond donors (Lipinski definition) is 2. The van der Waals surface area contributed by atoms with Crippen LogP contribution in [0.25, 0.3) is 0 Å². The zero-order valence-electron chi connectivity index (χ0n) is 8.80. The van der Waals surface area contributed by atoms with Crippen molar-refractivity contribution in [1.82, 2.24) is 10.3 Å². The Hall–Kier alpha value is -1.10. The summed E-state index contributed by atoms with van der Waals surface area (Å²) in [6, 6.07) is 1.89. The Kier molecular flexibility index (Phi) is 4.55. The summed E-state index contributed by atoms with van der Waals surface area (Å²) >= 11 is 3.36. The summed E-state index contributed by atoms with van der Waals surface area (Å²) in [5.41, 5.74) is 1.09. The molecule has 1 amide bonds. The summed E-state index contributed by atoms with van der Waals surface area (Å²) in [5.74, 6) is 0.682. The van der Waals surface area contributed by atoms with Crippen LogP contribution < -0.4 is 10.6 Å². The molecule has 0 saturated heterocycles. The first-order valence-corrected chi connectivity index (χ1v) is 5.55. The molecule has 0 bridgehead atoms. The Bertz CT molecular complexity index is 355. The number of pyridine rings is 1. The van der Waals surface area contributed by atoms with Crippen LogP contribution in [0.4, 0.5) is 5.82 Å². The standard InChI is InChI=1S/C10H14BrN3O/c1-3-12-10(15)6-14-9-4-7(2)8(11)5-13-9/h4-5H,3,6H2,1-2H3,(H,12,15)(H,13,14). The normalized spacial score (nSPS) is 9.80. The summed E-state index contributed by atoms with van der Waals surface area (Å²) in [6.45, 7) is 4.76. The average molecular weight is 272 g/mol. The van der Waals surface area contributed by atoms with Crippen LogP contribution in [0.3, 0.4) is 0 Å². The van der Waals surface area contributed by atoms with Crippen molar-refractivity contribution >= 4 is 27.7 Å². The van der Waals surface area contributed by atoms with Crippen LogP contribution in [-0.4, -0.2) is 24.0 Å². The Balaban J connectivity index is 2.51. The van der Waals surface area contributed by atoms with Gasteiger partial charge in [-0.05, 0) is 41.4 Å². The molecule has 2 N–H and O–H groups in total. The maximum absolute atomic E-state index is 11.2. The number of halogens is 1. The van der Waals surface area contributed by atoms with E-state index < -0.39 is 0 Å².